The molecule has 0 bridgehead atoms. The molecule has 0 amide bonds. The van der Waals surface area contributed by atoms with Crippen molar-refractivity contribution in [2.24, 2.45) is 11.7 Å². The molecule has 2 N–H and O–H groups in total. The highest BCUT2D eigenvalue weighted by Gasteiger charge is 2.23. The third kappa shape index (κ3) is 4.01. The lowest BCUT2D eigenvalue weighted by Crippen LogP contribution is -2.26. The van der Waals surface area contributed by atoms with Crippen molar-refractivity contribution in [3.8, 4) is 0 Å². The molecule has 0 radical (unpaired) electrons. The first-order valence-corrected chi connectivity index (χ1v) is 8.60. The van der Waals surface area contributed by atoms with Crippen molar-refractivity contribution in [2.45, 2.75) is 48.7 Å². The van der Waals surface area contributed by atoms with Crippen molar-refractivity contribution in [3.63, 3.8) is 0 Å². The number of rotatable bonds is 4. The Bertz CT molecular complexity index is 361. The zero-order valence-corrected chi connectivity index (χ0v) is 13.2. The molecule has 1 atom stereocenters. The van der Waals surface area contributed by atoms with E-state index in [-0.39, 0.29) is 0 Å². The van der Waals surface area contributed by atoms with Gasteiger partial charge >= 0.3 is 0 Å². The largest absolute Gasteiger partial charge is 0.329 e. The number of hydrogen-bond acceptors (Lipinski definition) is 2. The Hall–Kier alpha value is 0.01000. The van der Waals surface area contributed by atoms with E-state index in [4.69, 9.17) is 5.73 Å². The average Bonchev–Trinajstić information content (AvgIpc) is 2.67. The molecule has 1 fully saturated rings. The van der Waals surface area contributed by atoms with Gasteiger partial charge in [0.05, 0.1) is 0 Å². The van der Waals surface area contributed by atoms with E-state index < -0.39 is 0 Å². The summed E-state index contributed by atoms with van der Waals surface area (Å²) >= 11 is 5.59. The Morgan fingerprint density at radius 2 is 1.83 bits per heavy atom. The van der Waals surface area contributed by atoms with Gasteiger partial charge < -0.3 is 5.73 Å². The van der Waals surface area contributed by atoms with Crippen LogP contribution in [0.2, 0.25) is 0 Å². The second-order valence-corrected chi connectivity index (χ2v) is 7.21. The first-order valence-electron chi connectivity index (χ1n) is 6.92. The number of benzene rings is 1. The summed E-state index contributed by atoms with van der Waals surface area (Å²) in [5.41, 5.74) is 6.02. The molecule has 100 valence electrons. The predicted octanol–water partition coefficient (Wildman–Crippen LogP) is 4.84. The highest BCUT2D eigenvalue weighted by Crippen LogP contribution is 2.37. The van der Waals surface area contributed by atoms with Gasteiger partial charge in [0, 0.05) is 21.2 Å². The van der Waals surface area contributed by atoms with Crippen molar-refractivity contribution < 1.29 is 0 Å². The summed E-state index contributed by atoms with van der Waals surface area (Å²) in [6.45, 7) is 0.788. The van der Waals surface area contributed by atoms with Gasteiger partial charge in [-0.25, -0.2) is 0 Å². The molecule has 0 aromatic heterocycles. The van der Waals surface area contributed by atoms with Crippen LogP contribution in [-0.2, 0) is 0 Å². The molecule has 1 aromatic carbocycles. The number of hydrogen-bond donors (Lipinski definition) is 1. The molecular weight excluding hydrogens is 306 g/mol. The quantitative estimate of drug-likeness (QED) is 0.632. The van der Waals surface area contributed by atoms with Crippen molar-refractivity contribution >= 4 is 27.7 Å². The molecule has 0 saturated heterocycles. The standard InChI is InChI=1S/C15H22BrNS/c16-13-9-5-6-10-14(13)18-15(11-17)12-7-3-1-2-4-8-12/h5-6,9-10,12,15H,1-4,7-8,11,17H2. The van der Waals surface area contributed by atoms with E-state index in [1.165, 1.54) is 47.9 Å². The van der Waals surface area contributed by atoms with Crippen molar-refractivity contribution in [1.29, 1.82) is 0 Å². The van der Waals surface area contributed by atoms with Crippen LogP contribution in [-0.4, -0.2) is 11.8 Å². The summed E-state index contributed by atoms with van der Waals surface area (Å²) in [6, 6.07) is 8.47. The van der Waals surface area contributed by atoms with Crippen molar-refractivity contribution in [2.75, 3.05) is 6.54 Å². The highest BCUT2D eigenvalue weighted by atomic mass is 79.9. The van der Waals surface area contributed by atoms with Crippen LogP contribution in [0.4, 0.5) is 0 Å². The first-order chi connectivity index (χ1) is 8.81. The van der Waals surface area contributed by atoms with Gasteiger partial charge in [-0.1, -0.05) is 37.8 Å². The molecule has 1 aromatic rings. The molecule has 3 heteroatoms. The fourth-order valence-corrected chi connectivity index (χ4v) is 4.51. The van der Waals surface area contributed by atoms with Crippen LogP contribution in [0.3, 0.4) is 0 Å². The topological polar surface area (TPSA) is 26.0 Å². The second-order valence-electron chi connectivity index (χ2n) is 5.07. The Kier molecular flexibility index (Phi) is 6.06. The van der Waals surface area contributed by atoms with Gasteiger partial charge in [0.1, 0.15) is 0 Å². The zero-order chi connectivity index (χ0) is 12.8. The van der Waals surface area contributed by atoms with E-state index in [2.05, 4.69) is 40.2 Å². The normalized spacial score (nSPS) is 19.4. The lowest BCUT2D eigenvalue weighted by Gasteiger charge is -2.24. The van der Waals surface area contributed by atoms with Crippen LogP contribution in [0.5, 0.6) is 0 Å². The SMILES string of the molecule is NCC(Sc1ccccc1Br)C1CCCCCC1. The predicted molar refractivity (Wildman–Crippen MR) is 84.0 cm³/mol. The van der Waals surface area contributed by atoms with E-state index in [0.29, 0.717) is 5.25 Å². The highest BCUT2D eigenvalue weighted by molar-refractivity contribution is 9.10. The molecule has 1 nitrogen and oxygen atoms in total. The third-order valence-electron chi connectivity index (χ3n) is 3.77. The van der Waals surface area contributed by atoms with E-state index in [9.17, 15) is 0 Å². The maximum Gasteiger partial charge on any atom is 0.0311 e. The monoisotopic (exact) mass is 327 g/mol. The van der Waals surface area contributed by atoms with E-state index >= 15 is 0 Å². The maximum atomic E-state index is 6.02. The van der Waals surface area contributed by atoms with E-state index in [1.807, 2.05) is 11.8 Å². The Balaban J connectivity index is 2.02. The van der Waals surface area contributed by atoms with Crippen LogP contribution in [0.15, 0.2) is 33.6 Å². The zero-order valence-electron chi connectivity index (χ0n) is 10.8. The van der Waals surface area contributed by atoms with Gasteiger partial charge in [-0.15, -0.1) is 11.8 Å². The fourth-order valence-electron chi connectivity index (χ4n) is 2.72. The van der Waals surface area contributed by atoms with Crippen LogP contribution < -0.4 is 5.73 Å². The lowest BCUT2D eigenvalue weighted by atomic mass is 9.96. The fraction of sp³-hybridized carbons (Fsp3) is 0.600. The molecule has 1 aliphatic rings. The minimum Gasteiger partial charge on any atom is -0.329 e. The van der Waals surface area contributed by atoms with Gasteiger partial charge in [-0.2, -0.15) is 0 Å². The van der Waals surface area contributed by atoms with Gasteiger partial charge in [-0.3, -0.25) is 0 Å². The Morgan fingerprint density at radius 3 is 2.44 bits per heavy atom. The van der Waals surface area contributed by atoms with Gasteiger partial charge in [0.15, 0.2) is 0 Å². The summed E-state index contributed by atoms with van der Waals surface area (Å²) in [6.07, 6.45) is 8.31. The Morgan fingerprint density at radius 1 is 1.17 bits per heavy atom. The third-order valence-corrected chi connectivity index (χ3v) is 6.22. The molecule has 0 aliphatic heterocycles. The van der Waals surface area contributed by atoms with Gasteiger partial charge in [0.2, 0.25) is 0 Å². The molecule has 1 unspecified atom stereocenters. The van der Waals surface area contributed by atoms with Crippen molar-refractivity contribution in [1.82, 2.24) is 0 Å². The summed E-state index contributed by atoms with van der Waals surface area (Å²) < 4.78 is 1.20. The molecule has 18 heavy (non-hydrogen) atoms. The minimum absolute atomic E-state index is 0.571. The molecule has 1 saturated carbocycles. The maximum absolute atomic E-state index is 6.02. The van der Waals surface area contributed by atoms with Gasteiger partial charge in [0.25, 0.3) is 0 Å². The lowest BCUT2D eigenvalue weighted by molar-refractivity contribution is 0.445. The molecule has 1 aliphatic carbocycles. The number of thioether (sulfide) groups is 1. The van der Waals surface area contributed by atoms with Crippen LogP contribution in [0.1, 0.15) is 38.5 Å². The van der Waals surface area contributed by atoms with Crippen LogP contribution >= 0.6 is 27.7 Å². The second kappa shape index (κ2) is 7.56. The van der Waals surface area contributed by atoms with E-state index in [0.717, 1.165) is 12.5 Å². The summed E-state index contributed by atoms with van der Waals surface area (Å²) in [5, 5.41) is 0.571. The molecular formula is C15H22BrNS. The average molecular weight is 328 g/mol. The first kappa shape index (κ1) is 14.4. The Labute approximate surface area is 123 Å². The summed E-state index contributed by atoms with van der Waals surface area (Å²) in [4.78, 5) is 1.33. The smallest absolute Gasteiger partial charge is 0.0311 e. The minimum atomic E-state index is 0.571. The number of nitrogens with two attached hydrogens (primary N) is 1. The van der Waals surface area contributed by atoms with Crippen molar-refractivity contribution in [3.05, 3.63) is 28.7 Å². The number of halogens is 1. The van der Waals surface area contributed by atoms with Gasteiger partial charge in [-0.05, 0) is 46.8 Å². The summed E-state index contributed by atoms with van der Waals surface area (Å²) in [7, 11) is 0. The molecule has 0 spiro atoms. The van der Waals surface area contributed by atoms with E-state index in [1.54, 1.807) is 0 Å². The molecule has 2 rings (SSSR count). The van der Waals surface area contributed by atoms with Crippen LogP contribution in [0, 0.1) is 5.92 Å². The summed E-state index contributed by atoms with van der Waals surface area (Å²) in [5.74, 6) is 0.801. The van der Waals surface area contributed by atoms with Crippen LogP contribution in [0.25, 0.3) is 0 Å². The molecule has 0 heterocycles.